The topological polar surface area (TPSA) is 15.3 Å². The predicted molar refractivity (Wildman–Crippen MR) is 58.7 cm³/mol. The summed E-state index contributed by atoms with van der Waals surface area (Å²) >= 11 is 0. The molecule has 0 saturated heterocycles. The number of nitrogens with one attached hydrogen (secondary N) is 1. The molecule has 0 aromatic rings. The van der Waals surface area contributed by atoms with Crippen molar-refractivity contribution in [2.45, 2.75) is 33.2 Å². The summed E-state index contributed by atoms with van der Waals surface area (Å²) in [4.78, 5) is 2.37. The van der Waals surface area contributed by atoms with Crippen LogP contribution in [0.2, 0.25) is 0 Å². The van der Waals surface area contributed by atoms with Gasteiger partial charge >= 0.3 is 0 Å². The molecule has 0 aromatic heterocycles. The number of hydrogen-bond donors (Lipinski definition) is 1. The van der Waals surface area contributed by atoms with Crippen LogP contribution in [0, 0.1) is 12.3 Å². The second kappa shape index (κ2) is 6.01. The summed E-state index contributed by atoms with van der Waals surface area (Å²) in [5.74, 6) is 2.72. The lowest BCUT2D eigenvalue weighted by Crippen LogP contribution is -2.42. The summed E-state index contributed by atoms with van der Waals surface area (Å²) in [6, 6.07) is 0. The van der Waals surface area contributed by atoms with Gasteiger partial charge in [0.1, 0.15) is 0 Å². The molecule has 1 N–H and O–H groups in total. The molecule has 0 amide bonds. The maximum Gasteiger partial charge on any atom is 0.0741 e. The second-order valence-electron chi connectivity index (χ2n) is 3.72. The molecule has 0 aliphatic rings. The Morgan fingerprint density at radius 3 is 2.23 bits per heavy atom. The van der Waals surface area contributed by atoms with Crippen LogP contribution >= 0.6 is 0 Å². The molecule has 0 bridgehead atoms. The minimum Gasteiger partial charge on any atom is -0.303 e. The summed E-state index contributed by atoms with van der Waals surface area (Å²) in [6.45, 7) is 12.6. The van der Waals surface area contributed by atoms with E-state index in [9.17, 15) is 0 Å². The number of hydrogen-bond acceptors (Lipinski definition) is 2. The third kappa shape index (κ3) is 5.68. The number of likely N-dealkylation sites (N-methyl/N-ethyl adjacent to an activating group) is 1. The maximum atomic E-state index is 5.36. The van der Waals surface area contributed by atoms with Gasteiger partial charge in [-0.15, -0.1) is 6.42 Å². The minimum atomic E-state index is -0.173. The molecule has 0 fully saturated rings. The van der Waals surface area contributed by atoms with Crippen molar-refractivity contribution in [3.8, 4) is 12.3 Å². The molecule has 76 valence electrons. The van der Waals surface area contributed by atoms with Gasteiger partial charge in [0.2, 0.25) is 0 Å². The van der Waals surface area contributed by atoms with Crippen molar-refractivity contribution < 1.29 is 0 Å². The lowest BCUT2D eigenvalue weighted by atomic mass is 10.1. The monoisotopic (exact) mass is 182 g/mol. The smallest absolute Gasteiger partial charge is 0.0741 e. The van der Waals surface area contributed by atoms with Crippen molar-refractivity contribution in [1.82, 2.24) is 10.2 Å². The highest BCUT2D eigenvalue weighted by Crippen LogP contribution is 1.97. The summed E-state index contributed by atoms with van der Waals surface area (Å²) in [5.41, 5.74) is -0.173. The van der Waals surface area contributed by atoms with Crippen LogP contribution in [0.3, 0.4) is 0 Å². The molecule has 2 heteroatoms. The lowest BCUT2D eigenvalue weighted by molar-refractivity contribution is 0.292. The molecule has 0 rings (SSSR count). The molecule has 0 spiro atoms. The van der Waals surface area contributed by atoms with Crippen molar-refractivity contribution in [2.75, 3.05) is 26.2 Å². The number of nitrogens with zero attached hydrogens (tertiary/aromatic N) is 1. The number of terminal acetylenes is 1. The van der Waals surface area contributed by atoms with Crippen LogP contribution in [0.4, 0.5) is 0 Å². The molecule has 0 unspecified atom stereocenters. The Morgan fingerprint density at radius 2 is 1.85 bits per heavy atom. The fourth-order valence-corrected chi connectivity index (χ4v) is 1.12. The predicted octanol–water partition coefficient (Wildman–Crippen LogP) is 1.33. The van der Waals surface area contributed by atoms with E-state index in [4.69, 9.17) is 6.42 Å². The summed E-state index contributed by atoms with van der Waals surface area (Å²) in [6.07, 6.45) is 5.36. The Hall–Kier alpha value is -0.520. The molecule has 0 aliphatic heterocycles. The standard InChI is InChI=1S/C11H22N2/c1-6-11(4,5)12-9-10-13(7-2)8-3/h1,12H,7-10H2,2-5H3. The van der Waals surface area contributed by atoms with Gasteiger partial charge in [-0.2, -0.15) is 0 Å². The van der Waals surface area contributed by atoms with Gasteiger partial charge in [0.15, 0.2) is 0 Å². The van der Waals surface area contributed by atoms with Gasteiger partial charge in [-0.1, -0.05) is 19.8 Å². The van der Waals surface area contributed by atoms with Crippen LogP contribution in [-0.4, -0.2) is 36.6 Å². The fourth-order valence-electron chi connectivity index (χ4n) is 1.12. The van der Waals surface area contributed by atoms with Crippen LogP contribution in [0.15, 0.2) is 0 Å². The quantitative estimate of drug-likeness (QED) is 0.623. The molecule has 0 saturated carbocycles. The highest BCUT2D eigenvalue weighted by atomic mass is 15.1. The maximum absolute atomic E-state index is 5.36. The lowest BCUT2D eigenvalue weighted by Gasteiger charge is -2.23. The normalized spacial score (nSPS) is 11.7. The van der Waals surface area contributed by atoms with Gasteiger partial charge in [-0.3, -0.25) is 0 Å². The van der Waals surface area contributed by atoms with E-state index < -0.39 is 0 Å². The molecule has 13 heavy (non-hydrogen) atoms. The first-order valence-corrected chi connectivity index (χ1v) is 5.01. The average molecular weight is 182 g/mol. The Bertz CT molecular complexity index is 163. The van der Waals surface area contributed by atoms with E-state index in [2.05, 4.69) is 30.0 Å². The van der Waals surface area contributed by atoms with Gasteiger partial charge in [0, 0.05) is 13.1 Å². The Kier molecular flexibility index (Phi) is 5.77. The Labute approximate surface area is 82.7 Å². The van der Waals surface area contributed by atoms with Crippen LogP contribution in [-0.2, 0) is 0 Å². The first-order valence-electron chi connectivity index (χ1n) is 5.01. The number of rotatable bonds is 6. The van der Waals surface area contributed by atoms with Crippen LogP contribution in [0.1, 0.15) is 27.7 Å². The fraction of sp³-hybridized carbons (Fsp3) is 0.818. The van der Waals surface area contributed by atoms with E-state index in [-0.39, 0.29) is 5.54 Å². The van der Waals surface area contributed by atoms with Crippen LogP contribution < -0.4 is 5.32 Å². The zero-order valence-corrected chi connectivity index (χ0v) is 9.35. The summed E-state index contributed by atoms with van der Waals surface area (Å²) in [5, 5.41) is 3.33. The van der Waals surface area contributed by atoms with Gasteiger partial charge in [-0.05, 0) is 26.9 Å². The van der Waals surface area contributed by atoms with E-state index in [1.165, 1.54) is 0 Å². The van der Waals surface area contributed by atoms with Gasteiger partial charge in [0.05, 0.1) is 5.54 Å². The zero-order chi connectivity index (χ0) is 10.3. The van der Waals surface area contributed by atoms with E-state index >= 15 is 0 Å². The van der Waals surface area contributed by atoms with Crippen LogP contribution in [0.5, 0.6) is 0 Å². The molecular weight excluding hydrogens is 160 g/mol. The molecule has 0 atom stereocenters. The molecule has 0 aromatic carbocycles. The van der Waals surface area contributed by atoms with Crippen molar-refractivity contribution in [2.24, 2.45) is 0 Å². The SMILES string of the molecule is C#CC(C)(C)NCCN(CC)CC. The molecular formula is C11H22N2. The van der Waals surface area contributed by atoms with Gasteiger partial charge < -0.3 is 10.2 Å². The van der Waals surface area contributed by atoms with Crippen molar-refractivity contribution in [3.05, 3.63) is 0 Å². The zero-order valence-electron chi connectivity index (χ0n) is 9.35. The first kappa shape index (κ1) is 12.5. The molecule has 2 nitrogen and oxygen atoms in total. The summed E-state index contributed by atoms with van der Waals surface area (Å²) < 4.78 is 0. The highest BCUT2D eigenvalue weighted by Gasteiger charge is 2.11. The largest absolute Gasteiger partial charge is 0.303 e. The van der Waals surface area contributed by atoms with E-state index in [1.54, 1.807) is 0 Å². The molecule has 0 heterocycles. The van der Waals surface area contributed by atoms with Crippen molar-refractivity contribution >= 4 is 0 Å². The molecule has 0 radical (unpaired) electrons. The van der Waals surface area contributed by atoms with Crippen LogP contribution in [0.25, 0.3) is 0 Å². The van der Waals surface area contributed by atoms with E-state index in [1.807, 2.05) is 13.8 Å². The highest BCUT2D eigenvalue weighted by molar-refractivity contribution is 5.07. The van der Waals surface area contributed by atoms with Gasteiger partial charge in [0.25, 0.3) is 0 Å². The van der Waals surface area contributed by atoms with E-state index in [0.717, 1.165) is 26.2 Å². The molecule has 0 aliphatic carbocycles. The summed E-state index contributed by atoms with van der Waals surface area (Å²) in [7, 11) is 0. The second-order valence-corrected chi connectivity index (χ2v) is 3.72. The Balaban J connectivity index is 3.62. The average Bonchev–Trinajstić information content (AvgIpc) is 2.12. The third-order valence-corrected chi connectivity index (χ3v) is 2.25. The van der Waals surface area contributed by atoms with Gasteiger partial charge in [-0.25, -0.2) is 0 Å². The minimum absolute atomic E-state index is 0.173. The third-order valence-electron chi connectivity index (χ3n) is 2.25. The van der Waals surface area contributed by atoms with E-state index in [0.29, 0.717) is 0 Å². The first-order chi connectivity index (χ1) is 6.05. The Morgan fingerprint density at radius 1 is 1.31 bits per heavy atom. The van der Waals surface area contributed by atoms with Crippen molar-refractivity contribution in [1.29, 1.82) is 0 Å². The van der Waals surface area contributed by atoms with Crippen molar-refractivity contribution in [3.63, 3.8) is 0 Å².